The Labute approximate surface area is 88.7 Å². The Bertz CT molecular complexity index is 219. The van der Waals surface area contributed by atoms with Crippen LogP contribution in [0.15, 0.2) is 5.10 Å². The normalized spacial score (nSPS) is 16.1. The first-order chi connectivity index (χ1) is 6.51. The molecule has 0 fully saturated rings. The second-order valence-corrected chi connectivity index (χ2v) is 4.41. The number of nitrogens with one attached hydrogen (secondary N) is 1. The van der Waals surface area contributed by atoms with Crippen molar-refractivity contribution in [3.8, 4) is 0 Å². The third-order valence-electron chi connectivity index (χ3n) is 1.80. The van der Waals surface area contributed by atoms with Crippen LogP contribution in [0.3, 0.4) is 0 Å². The van der Waals surface area contributed by atoms with E-state index in [4.69, 9.17) is 11.6 Å². The molecule has 0 spiro atoms. The summed E-state index contributed by atoms with van der Waals surface area (Å²) < 4.78 is 0. The highest BCUT2D eigenvalue weighted by atomic mass is 32.2. The number of thioether (sulfide) groups is 1. The van der Waals surface area contributed by atoms with Crippen molar-refractivity contribution < 1.29 is 4.79 Å². The minimum absolute atomic E-state index is 0.0454. The lowest BCUT2D eigenvalue weighted by Crippen LogP contribution is -2.38. The second kappa shape index (κ2) is 6.53. The van der Waals surface area contributed by atoms with Gasteiger partial charge in [0.2, 0.25) is 5.91 Å². The molecule has 6 heteroatoms. The van der Waals surface area contributed by atoms with Gasteiger partial charge in [-0.15, -0.1) is 0 Å². The van der Waals surface area contributed by atoms with Crippen LogP contribution in [-0.4, -0.2) is 22.4 Å². The molecule has 0 aromatic carbocycles. The van der Waals surface area contributed by atoms with Gasteiger partial charge in [0.15, 0.2) is 5.17 Å². The summed E-state index contributed by atoms with van der Waals surface area (Å²) in [6, 6.07) is 0.182. The van der Waals surface area contributed by atoms with Gasteiger partial charge >= 0.3 is 0 Å². The van der Waals surface area contributed by atoms with Gasteiger partial charge in [-0.3, -0.25) is 4.79 Å². The Morgan fingerprint density at radius 2 is 2.14 bits per heavy atom. The summed E-state index contributed by atoms with van der Waals surface area (Å²) in [4.78, 5) is 11.5. The molecule has 0 radical (unpaired) electrons. The topological polar surface area (TPSA) is 93.5 Å². The summed E-state index contributed by atoms with van der Waals surface area (Å²) in [6.07, 6.45) is 0.906. The first-order valence-corrected chi connectivity index (χ1v) is 5.39. The molecule has 1 amide bonds. The molecular formula is C8H18N4OS. The predicted octanol–water partition coefficient (Wildman–Crippen LogP) is 0.211. The van der Waals surface area contributed by atoms with E-state index in [-0.39, 0.29) is 22.4 Å². The van der Waals surface area contributed by atoms with Crippen molar-refractivity contribution in [1.82, 2.24) is 5.32 Å². The molecule has 0 bridgehead atoms. The molecule has 0 aliphatic carbocycles. The largest absolute Gasteiger partial charge is 0.377 e. The van der Waals surface area contributed by atoms with Crippen LogP contribution in [0.4, 0.5) is 0 Å². The Balaban J connectivity index is 4.00. The number of amides is 1. The molecule has 0 aliphatic heterocycles. The number of carbonyl (C=O) groups is 1. The summed E-state index contributed by atoms with van der Waals surface area (Å²) in [5.41, 5.74) is 5.38. The van der Waals surface area contributed by atoms with Crippen LogP contribution in [0.5, 0.6) is 0 Å². The molecule has 0 heterocycles. The molecule has 0 aromatic heterocycles. The average molecular weight is 218 g/mol. The van der Waals surface area contributed by atoms with Gasteiger partial charge in [-0.25, -0.2) is 0 Å². The molecule has 5 nitrogen and oxygen atoms in total. The zero-order valence-electron chi connectivity index (χ0n) is 8.78. The highest BCUT2D eigenvalue weighted by Gasteiger charge is 2.16. The monoisotopic (exact) mass is 218 g/mol. The minimum atomic E-state index is -0.267. The van der Waals surface area contributed by atoms with Gasteiger partial charge in [0, 0.05) is 6.04 Å². The first-order valence-electron chi connectivity index (χ1n) is 4.51. The van der Waals surface area contributed by atoms with E-state index in [9.17, 15) is 4.79 Å². The maximum atomic E-state index is 11.5. The smallest absolute Gasteiger partial charge is 0.233 e. The predicted molar refractivity (Wildman–Crippen MR) is 60.8 cm³/mol. The number of nitrogens with two attached hydrogens (primary N) is 2. The van der Waals surface area contributed by atoms with Crippen molar-refractivity contribution in [2.24, 2.45) is 16.7 Å². The molecule has 0 saturated carbocycles. The zero-order valence-corrected chi connectivity index (χ0v) is 9.60. The Morgan fingerprint density at radius 3 is 2.57 bits per heavy atom. The maximum absolute atomic E-state index is 11.5. The lowest BCUT2D eigenvalue weighted by Gasteiger charge is -2.15. The third kappa shape index (κ3) is 4.96. The van der Waals surface area contributed by atoms with Crippen molar-refractivity contribution in [3.63, 3.8) is 0 Å². The molecule has 0 rings (SSSR count). The summed E-state index contributed by atoms with van der Waals surface area (Å²) in [6.45, 7) is 5.73. The maximum Gasteiger partial charge on any atom is 0.233 e. The van der Waals surface area contributed by atoms with Crippen molar-refractivity contribution in [2.75, 3.05) is 0 Å². The van der Waals surface area contributed by atoms with Crippen LogP contribution in [0.1, 0.15) is 27.2 Å². The third-order valence-corrected chi connectivity index (χ3v) is 2.71. The summed E-state index contributed by atoms with van der Waals surface area (Å²) in [5, 5.41) is 6.09. The highest BCUT2D eigenvalue weighted by Crippen LogP contribution is 2.09. The number of amidine groups is 1. The Hall–Kier alpha value is -0.910. The number of rotatable bonds is 4. The van der Waals surface area contributed by atoms with E-state index < -0.39 is 0 Å². The van der Waals surface area contributed by atoms with Gasteiger partial charge in [-0.1, -0.05) is 18.7 Å². The van der Waals surface area contributed by atoms with Crippen molar-refractivity contribution in [3.05, 3.63) is 0 Å². The van der Waals surface area contributed by atoms with Crippen LogP contribution in [0.2, 0.25) is 0 Å². The van der Waals surface area contributed by atoms with Gasteiger partial charge in [-0.05, 0) is 20.3 Å². The molecule has 2 atom stereocenters. The lowest BCUT2D eigenvalue weighted by atomic mass is 10.2. The minimum Gasteiger partial charge on any atom is -0.377 e. The first kappa shape index (κ1) is 13.1. The lowest BCUT2D eigenvalue weighted by molar-refractivity contribution is -0.120. The summed E-state index contributed by atoms with van der Waals surface area (Å²) in [5.74, 6) is 4.91. The molecule has 2 unspecified atom stereocenters. The molecule has 0 aromatic rings. The number of hydrogen-bond acceptors (Lipinski definition) is 4. The van der Waals surface area contributed by atoms with Crippen molar-refractivity contribution >= 4 is 22.8 Å². The van der Waals surface area contributed by atoms with Gasteiger partial charge in [-0.2, -0.15) is 5.10 Å². The number of hydrogen-bond donors (Lipinski definition) is 3. The van der Waals surface area contributed by atoms with Gasteiger partial charge < -0.3 is 16.9 Å². The number of carbonyl (C=O) groups excluding carboxylic acids is 1. The van der Waals surface area contributed by atoms with Crippen LogP contribution in [0, 0.1) is 0 Å². The van der Waals surface area contributed by atoms with E-state index in [0.29, 0.717) is 0 Å². The van der Waals surface area contributed by atoms with Crippen LogP contribution < -0.4 is 16.9 Å². The molecule has 0 aliphatic rings. The highest BCUT2D eigenvalue weighted by molar-refractivity contribution is 8.14. The van der Waals surface area contributed by atoms with Gasteiger partial charge in [0.1, 0.15) is 0 Å². The van der Waals surface area contributed by atoms with Crippen LogP contribution >= 0.6 is 11.8 Å². The fourth-order valence-corrected chi connectivity index (χ4v) is 1.33. The Morgan fingerprint density at radius 1 is 1.57 bits per heavy atom. The van der Waals surface area contributed by atoms with E-state index in [0.717, 1.165) is 18.2 Å². The van der Waals surface area contributed by atoms with Gasteiger partial charge in [0.25, 0.3) is 0 Å². The molecule has 82 valence electrons. The van der Waals surface area contributed by atoms with E-state index in [1.165, 1.54) is 0 Å². The quantitative estimate of drug-likeness (QED) is 0.272. The van der Waals surface area contributed by atoms with Crippen LogP contribution in [-0.2, 0) is 4.79 Å². The SMILES string of the molecule is CCC(C)NC(=O)C(C)SC(N)=NN. The van der Waals surface area contributed by atoms with E-state index in [1.807, 2.05) is 13.8 Å². The fraction of sp³-hybridized carbons (Fsp3) is 0.750. The summed E-state index contributed by atoms with van der Waals surface area (Å²) in [7, 11) is 0. The molecule has 14 heavy (non-hydrogen) atoms. The summed E-state index contributed by atoms with van der Waals surface area (Å²) >= 11 is 1.15. The average Bonchev–Trinajstić information content (AvgIpc) is 2.17. The van der Waals surface area contributed by atoms with E-state index >= 15 is 0 Å². The molecule has 5 N–H and O–H groups in total. The van der Waals surface area contributed by atoms with Crippen LogP contribution in [0.25, 0.3) is 0 Å². The molecule has 0 saturated heterocycles. The Kier molecular flexibility index (Phi) is 6.11. The van der Waals surface area contributed by atoms with Crippen molar-refractivity contribution in [1.29, 1.82) is 0 Å². The van der Waals surface area contributed by atoms with E-state index in [2.05, 4.69) is 10.4 Å². The second-order valence-electron chi connectivity index (χ2n) is 3.05. The number of nitrogens with zero attached hydrogens (tertiary/aromatic N) is 1. The van der Waals surface area contributed by atoms with Gasteiger partial charge in [0.05, 0.1) is 5.25 Å². The molecular weight excluding hydrogens is 200 g/mol. The van der Waals surface area contributed by atoms with E-state index in [1.54, 1.807) is 6.92 Å². The zero-order chi connectivity index (χ0) is 11.1. The van der Waals surface area contributed by atoms with Crippen molar-refractivity contribution in [2.45, 2.75) is 38.5 Å². The standard InChI is InChI=1S/C8H18N4OS/c1-4-5(2)11-7(13)6(3)14-8(9)12-10/h5-6H,4,10H2,1-3H3,(H2,9,12)(H,11,13). The fourth-order valence-electron chi connectivity index (χ4n) is 0.727. The number of hydrazone groups is 1.